The number of allylic oxidation sites excluding steroid dienone is 8. The third-order valence-electron chi connectivity index (χ3n) is 11.8. The Bertz CT molecular complexity index is 1110. The molecule has 0 rings (SSSR count). The van der Waals surface area contributed by atoms with Crippen LogP contribution in [-0.2, 0) is 28.6 Å². The topological polar surface area (TPSA) is 78.9 Å². The predicted molar refractivity (Wildman–Crippen MR) is 270 cm³/mol. The Kier molecular flexibility index (Phi) is 49.8. The van der Waals surface area contributed by atoms with Gasteiger partial charge in [0.2, 0.25) is 0 Å². The van der Waals surface area contributed by atoms with Crippen molar-refractivity contribution in [1.29, 1.82) is 0 Å². The molecule has 0 heterocycles. The van der Waals surface area contributed by atoms with Gasteiger partial charge in [-0.05, 0) is 96.3 Å². The maximum Gasteiger partial charge on any atom is 0.306 e. The van der Waals surface area contributed by atoms with Crippen LogP contribution in [0.5, 0.6) is 0 Å². The SMILES string of the molecule is CCC/C=C\C/C=C\CCCCCCCC(=O)OCC(COC(=O)CCCCCCCCC/C=C\CCCCCCCCC)OC(=O)CCCCCCC/C=C\CCCCCCC. The molecule has 0 aliphatic rings. The van der Waals surface area contributed by atoms with Gasteiger partial charge >= 0.3 is 17.9 Å². The first kappa shape index (κ1) is 60.4. The van der Waals surface area contributed by atoms with Gasteiger partial charge < -0.3 is 14.2 Å². The highest BCUT2D eigenvalue weighted by atomic mass is 16.6. The number of esters is 3. The summed E-state index contributed by atoms with van der Waals surface area (Å²) in [5.41, 5.74) is 0. The molecule has 6 nitrogen and oxygen atoms in total. The van der Waals surface area contributed by atoms with Crippen molar-refractivity contribution in [3.05, 3.63) is 48.6 Å². The lowest BCUT2D eigenvalue weighted by molar-refractivity contribution is -0.167. The summed E-state index contributed by atoms with van der Waals surface area (Å²) in [5, 5.41) is 0. The van der Waals surface area contributed by atoms with Gasteiger partial charge in [0.05, 0.1) is 0 Å². The number of rotatable bonds is 49. The maximum atomic E-state index is 12.8. The zero-order valence-electron chi connectivity index (χ0n) is 41.8. The van der Waals surface area contributed by atoms with Crippen molar-refractivity contribution in [3.63, 3.8) is 0 Å². The van der Waals surface area contributed by atoms with Gasteiger partial charge in [-0.15, -0.1) is 0 Å². The highest BCUT2D eigenvalue weighted by Gasteiger charge is 2.19. The van der Waals surface area contributed by atoms with E-state index in [2.05, 4.69) is 69.4 Å². The van der Waals surface area contributed by atoms with E-state index < -0.39 is 6.10 Å². The number of carbonyl (C=O) groups excluding carboxylic acids is 3. The highest BCUT2D eigenvalue weighted by Crippen LogP contribution is 2.15. The van der Waals surface area contributed by atoms with Crippen LogP contribution in [0.1, 0.15) is 278 Å². The molecule has 0 bridgehead atoms. The summed E-state index contributed by atoms with van der Waals surface area (Å²) in [6.07, 6.45) is 62.4. The Balaban J connectivity index is 4.37. The van der Waals surface area contributed by atoms with Crippen LogP contribution in [0.3, 0.4) is 0 Å². The second-order valence-corrected chi connectivity index (χ2v) is 18.1. The van der Waals surface area contributed by atoms with E-state index in [1.807, 2.05) is 0 Å². The molecular formula is C57H102O6. The molecule has 1 atom stereocenters. The van der Waals surface area contributed by atoms with E-state index in [0.717, 1.165) is 96.3 Å². The third-order valence-corrected chi connectivity index (χ3v) is 11.8. The summed E-state index contributed by atoms with van der Waals surface area (Å²) < 4.78 is 16.8. The minimum absolute atomic E-state index is 0.0823. The molecule has 0 saturated heterocycles. The largest absolute Gasteiger partial charge is 0.462 e. The molecule has 1 unspecified atom stereocenters. The van der Waals surface area contributed by atoms with Gasteiger partial charge in [0.15, 0.2) is 6.10 Å². The van der Waals surface area contributed by atoms with Crippen molar-refractivity contribution >= 4 is 17.9 Å². The molecule has 0 saturated carbocycles. The molecule has 0 spiro atoms. The number of ether oxygens (including phenoxy) is 3. The molecule has 0 fully saturated rings. The molecule has 0 aliphatic carbocycles. The number of unbranched alkanes of at least 4 members (excludes halogenated alkanes) is 30. The van der Waals surface area contributed by atoms with Gasteiger partial charge in [0, 0.05) is 19.3 Å². The highest BCUT2D eigenvalue weighted by molar-refractivity contribution is 5.71. The molecule has 63 heavy (non-hydrogen) atoms. The third kappa shape index (κ3) is 50.2. The number of carbonyl (C=O) groups is 3. The van der Waals surface area contributed by atoms with Crippen LogP contribution in [0.2, 0.25) is 0 Å². The Labute approximate surface area is 390 Å². The number of hydrogen-bond donors (Lipinski definition) is 0. The molecule has 0 amide bonds. The lowest BCUT2D eigenvalue weighted by Gasteiger charge is -2.18. The van der Waals surface area contributed by atoms with Crippen molar-refractivity contribution in [2.45, 2.75) is 284 Å². The molecule has 0 aromatic rings. The van der Waals surface area contributed by atoms with Crippen LogP contribution >= 0.6 is 0 Å². The second-order valence-electron chi connectivity index (χ2n) is 18.1. The first-order valence-corrected chi connectivity index (χ1v) is 27.1. The second kappa shape index (κ2) is 52.0. The van der Waals surface area contributed by atoms with Gasteiger partial charge in [-0.2, -0.15) is 0 Å². The summed E-state index contributed by atoms with van der Waals surface area (Å²) in [7, 11) is 0. The van der Waals surface area contributed by atoms with Gasteiger partial charge in [0.25, 0.3) is 0 Å². The molecule has 0 aromatic heterocycles. The van der Waals surface area contributed by atoms with Gasteiger partial charge in [-0.25, -0.2) is 0 Å². The summed E-state index contributed by atoms with van der Waals surface area (Å²) in [6.45, 7) is 6.56. The van der Waals surface area contributed by atoms with Crippen molar-refractivity contribution < 1.29 is 28.6 Å². The standard InChI is InChI=1S/C57H102O6/c1-4-7-10-13-16-19-22-25-27-28-29-30-33-35-38-41-44-47-50-56(59)62-53-54(52-61-55(58)49-46-43-40-37-34-31-24-21-18-15-12-9-6-3)63-57(60)51-48-45-42-39-36-32-26-23-20-17-14-11-8-5-2/h12,15,21,23-24,26-28,54H,4-11,13-14,16-20,22,25,29-53H2,1-3H3/b15-12-,24-21-,26-23-,28-27-. The van der Waals surface area contributed by atoms with E-state index in [4.69, 9.17) is 14.2 Å². The van der Waals surface area contributed by atoms with E-state index >= 15 is 0 Å². The van der Waals surface area contributed by atoms with Crippen molar-refractivity contribution in [3.8, 4) is 0 Å². The van der Waals surface area contributed by atoms with Crippen molar-refractivity contribution in [2.75, 3.05) is 13.2 Å². The summed E-state index contributed by atoms with van der Waals surface area (Å²) in [6, 6.07) is 0. The zero-order valence-corrected chi connectivity index (χ0v) is 41.8. The molecule has 6 heteroatoms. The van der Waals surface area contributed by atoms with E-state index in [1.54, 1.807) is 0 Å². The predicted octanol–water partition coefficient (Wildman–Crippen LogP) is 17.9. The lowest BCUT2D eigenvalue weighted by Crippen LogP contribution is -2.30. The smallest absolute Gasteiger partial charge is 0.306 e. The fourth-order valence-electron chi connectivity index (χ4n) is 7.65. The van der Waals surface area contributed by atoms with Crippen LogP contribution in [-0.4, -0.2) is 37.2 Å². The summed E-state index contributed by atoms with van der Waals surface area (Å²) in [5.74, 6) is -0.901. The van der Waals surface area contributed by atoms with Crippen LogP contribution in [0.25, 0.3) is 0 Å². The molecule has 0 radical (unpaired) electrons. The fourth-order valence-corrected chi connectivity index (χ4v) is 7.65. The van der Waals surface area contributed by atoms with Crippen LogP contribution in [0.4, 0.5) is 0 Å². The van der Waals surface area contributed by atoms with E-state index in [-0.39, 0.29) is 31.1 Å². The van der Waals surface area contributed by atoms with Crippen LogP contribution in [0.15, 0.2) is 48.6 Å². The van der Waals surface area contributed by atoms with E-state index in [1.165, 1.54) is 141 Å². The Morgan fingerprint density at radius 3 is 0.952 bits per heavy atom. The minimum Gasteiger partial charge on any atom is -0.462 e. The fraction of sp³-hybridized carbons (Fsp3) is 0.807. The average Bonchev–Trinajstić information content (AvgIpc) is 3.28. The lowest BCUT2D eigenvalue weighted by atomic mass is 10.1. The van der Waals surface area contributed by atoms with Crippen molar-refractivity contribution in [1.82, 2.24) is 0 Å². The zero-order chi connectivity index (χ0) is 45.8. The first-order valence-electron chi connectivity index (χ1n) is 27.1. The average molecular weight is 883 g/mol. The number of hydrogen-bond acceptors (Lipinski definition) is 6. The summed E-state index contributed by atoms with van der Waals surface area (Å²) in [4.78, 5) is 38.0. The Morgan fingerprint density at radius 2 is 0.603 bits per heavy atom. The molecule has 0 aromatic carbocycles. The Morgan fingerprint density at radius 1 is 0.317 bits per heavy atom. The van der Waals surface area contributed by atoms with Crippen LogP contribution in [0, 0.1) is 0 Å². The molecule has 0 aliphatic heterocycles. The van der Waals surface area contributed by atoms with Gasteiger partial charge in [0.1, 0.15) is 13.2 Å². The van der Waals surface area contributed by atoms with E-state index in [9.17, 15) is 14.4 Å². The molecule has 0 N–H and O–H groups in total. The van der Waals surface area contributed by atoms with Gasteiger partial charge in [-0.3, -0.25) is 14.4 Å². The molecule has 366 valence electrons. The first-order chi connectivity index (χ1) is 31.0. The molecular weight excluding hydrogens is 781 g/mol. The van der Waals surface area contributed by atoms with Crippen LogP contribution < -0.4 is 0 Å². The quantitative estimate of drug-likeness (QED) is 0.0262. The maximum absolute atomic E-state index is 12.8. The monoisotopic (exact) mass is 883 g/mol. The van der Waals surface area contributed by atoms with Gasteiger partial charge in [-0.1, -0.05) is 211 Å². The summed E-state index contributed by atoms with van der Waals surface area (Å²) >= 11 is 0. The van der Waals surface area contributed by atoms with E-state index in [0.29, 0.717) is 19.3 Å². The normalized spacial score (nSPS) is 12.4. The van der Waals surface area contributed by atoms with Crippen molar-refractivity contribution in [2.24, 2.45) is 0 Å². The minimum atomic E-state index is -0.783. The Hall–Kier alpha value is -2.63.